The molecule has 0 aliphatic carbocycles. The van der Waals surface area contributed by atoms with E-state index in [1.807, 2.05) is 30.3 Å². The molecule has 1 aromatic carbocycles. The van der Waals surface area contributed by atoms with Crippen molar-refractivity contribution in [3.63, 3.8) is 0 Å². The van der Waals surface area contributed by atoms with Gasteiger partial charge in [-0.05, 0) is 31.5 Å². The number of Topliss-reactive ketones (excluding diaryl/α,β-unsaturated/α-hetero) is 1. The van der Waals surface area contributed by atoms with Crippen LogP contribution in [-0.4, -0.2) is 50.0 Å². The molecule has 1 fully saturated rings. The van der Waals surface area contributed by atoms with Crippen molar-refractivity contribution in [3.05, 3.63) is 30.3 Å². The van der Waals surface area contributed by atoms with Gasteiger partial charge in [0.1, 0.15) is 12.4 Å². The number of hydrogen-bond acceptors (Lipinski definition) is 4. The molecule has 1 aromatic rings. The SMILES string of the molecule is O=C(CCCCN1CCNCC1)COc1ccccc1. The highest BCUT2D eigenvalue weighted by molar-refractivity contribution is 5.79. The Hall–Kier alpha value is -1.39. The van der Waals surface area contributed by atoms with Crippen LogP contribution in [0.25, 0.3) is 0 Å². The average molecular weight is 276 g/mol. The number of unbranched alkanes of at least 4 members (excludes halogenated alkanes) is 1. The summed E-state index contributed by atoms with van der Waals surface area (Å²) >= 11 is 0. The van der Waals surface area contributed by atoms with E-state index in [1.165, 1.54) is 0 Å². The summed E-state index contributed by atoms with van der Waals surface area (Å²) in [5, 5.41) is 3.34. The van der Waals surface area contributed by atoms with E-state index in [4.69, 9.17) is 4.74 Å². The van der Waals surface area contributed by atoms with Gasteiger partial charge in [0.25, 0.3) is 0 Å². The fourth-order valence-electron chi connectivity index (χ4n) is 2.35. The van der Waals surface area contributed by atoms with Gasteiger partial charge in [-0.25, -0.2) is 0 Å². The monoisotopic (exact) mass is 276 g/mol. The van der Waals surface area contributed by atoms with Crippen LogP contribution < -0.4 is 10.1 Å². The highest BCUT2D eigenvalue weighted by Crippen LogP contribution is 2.09. The first-order chi connectivity index (χ1) is 9.84. The first-order valence-electron chi connectivity index (χ1n) is 7.47. The second-order valence-electron chi connectivity index (χ2n) is 5.19. The third-order valence-electron chi connectivity index (χ3n) is 3.53. The molecule has 0 spiro atoms. The molecule has 0 bridgehead atoms. The van der Waals surface area contributed by atoms with Crippen molar-refractivity contribution in [1.29, 1.82) is 0 Å². The number of hydrogen-bond donors (Lipinski definition) is 1. The number of nitrogens with zero attached hydrogens (tertiary/aromatic N) is 1. The van der Waals surface area contributed by atoms with Crippen molar-refractivity contribution in [2.45, 2.75) is 19.3 Å². The molecule has 0 aromatic heterocycles. The van der Waals surface area contributed by atoms with Gasteiger partial charge in [0.15, 0.2) is 5.78 Å². The van der Waals surface area contributed by atoms with Gasteiger partial charge in [-0.3, -0.25) is 4.79 Å². The Kier molecular flexibility index (Phi) is 6.54. The number of carbonyl (C=O) groups excluding carboxylic acids is 1. The standard InChI is InChI=1S/C16H24N2O2/c19-15(14-20-16-7-2-1-3-8-16)6-4-5-11-18-12-9-17-10-13-18/h1-3,7-8,17H,4-6,9-14H2. The Morgan fingerprint density at radius 2 is 1.90 bits per heavy atom. The van der Waals surface area contributed by atoms with Crippen LogP contribution >= 0.6 is 0 Å². The highest BCUT2D eigenvalue weighted by atomic mass is 16.5. The maximum atomic E-state index is 11.7. The molecule has 1 heterocycles. The molecule has 2 rings (SSSR count). The molecule has 0 saturated carbocycles. The number of ketones is 1. The summed E-state index contributed by atoms with van der Waals surface area (Å²) < 4.78 is 5.45. The zero-order valence-corrected chi connectivity index (χ0v) is 12.0. The number of ether oxygens (including phenoxy) is 1. The lowest BCUT2D eigenvalue weighted by molar-refractivity contribution is -0.121. The minimum Gasteiger partial charge on any atom is -0.486 e. The van der Waals surface area contributed by atoms with Crippen LogP contribution in [0.5, 0.6) is 5.75 Å². The van der Waals surface area contributed by atoms with Crippen molar-refractivity contribution < 1.29 is 9.53 Å². The van der Waals surface area contributed by atoms with Gasteiger partial charge in [0.2, 0.25) is 0 Å². The third kappa shape index (κ3) is 5.72. The Balaban J connectivity index is 1.51. The summed E-state index contributed by atoms with van der Waals surface area (Å²) in [7, 11) is 0. The normalized spacial score (nSPS) is 16.0. The van der Waals surface area contributed by atoms with E-state index in [2.05, 4.69) is 10.2 Å². The third-order valence-corrected chi connectivity index (χ3v) is 3.53. The van der Waals surface area contributed by atoms with Gasteiger partial charge in [0.05, 0.1) is 0 Å². The summed E-state index contributed by atoms with van der Waals surface area (Å²) in [5.41, 5.74) is 0. The first-order valence-corrected chi connectivity index (χ1v) is 7.47. The molecule has 110 valence electrons. The van der Waals surface area contributed by atoms with Crippen molar-refractivity contribution in [2.24, 2.45) is 0 Å². The highest BCUT2D eigenvalue weighted by Gasteiger charge is 2.09. The maximum absolute atomic E-state index is 11.7. The summed E-state index contributed by atoms with van der Waals surface area (Å²) in [6, 6.07) is 9.50. The maximum Gasteiger partial charge on any atom is 0.170 e. The summed E-state index contributed by atoms with van der Waals surface area (Å²) in [6.07, 6.45) is 2.68. The average Bonchev–Trinajstić information content (AvgIpc) is 2.52. The van der Waals surface area contributed by atoms with Gasteiger partial charge >= 0.3 is 0 Å². The number of benzene rings is 1. The van der Waals surface area contributed by atoms with Gasteiger partial charge in [-0.2, -0.15) is 0 Å². The summed E-state index contributed by atoms with van der Waals surface area (Å²) in [4.78, 5) is 14.2. The quantitative estimate of drug-likeness (QED) is 0.734. The molecular formula is C16H24N2O2. The number of nitrogens with one attached hydrogen (secondary N) is 1. The second kappa shape index (κ2) is 8.72. The summed E-state index contributed by atoms with van der Waals surface area (Å²) in [6.45, 7) is 5.73. The molecule has 20 heavy (non-hydrogen) atoms. The van der Waals surface area contributed by atoms with E-state index in [0.717, 1.165) is 51.3 Å². The van der Waals surface area contributed by atoms with Crippen molar-refractivity contribution in [2.75, 3.05) is 39.3 Å². The lowest BCUT2D eigenvalue weighted by Gasteiger charge is -2.26. The molecular weight excluding hydrogens is 252 g/mol. The fourth-order valence-corrected chi connectivity index (χ4v) is 2.35. The molecule has 1 aliphatic heterocycles. The molecule has 4 nitrogen and oxygen atoms in total. The zero-order valence-electron chi connectivity index (χ0n) is 12.0. The van der Waals surface area contributed by atoms with Crippen molar-refractivity contribution >= 4 is 5.78 Å². The van der Waals surface area contributed by atoms with Crippen LogP contribution in [0.4, 0.5) is 0 Å². The van der Waals surface area contributed by atoms with Crippen LogP contribution in [0.3, 0.4) is 0 Å². The number of rotatable bonds is 8. The summed E-state index contributed by atoms with van der Waals surface area (Å²) in [5.74, 6) is 0.954. The number of piperazine rings is 1. The first kappa shape index (κ1) is 15.0. The smallest absolute Gasteiger partial charge is 0.170 e. The predicted octanol–water partition coefficient (Wildman–Crippen LogP) is 1.71. The Bertz CT molecular complexity index is 389. The van der Waals surface area contributed by atoms with Crippen LogP contribution in [0.1, 0.15) is 19.3 Å². The molecule has 1 saturated heterocycles. The second-order valence-corrected chi connectivity index (χ2v) is 5.19. The molecule has 4 heteroatoms. The van der Waals surface area contributed by atoms with E-state index >= 15 is 0 Å². The fraction of sp³-hybridized carbons (Fsp3) is 0.562. The van der Waals surface area contributed by atoms with Crippen LogP contribution in [0.15, 0.2) is 30.3 Å². The molecule has 1 N–H and O–H groups in total. The van der Waals surface area contributed by atoms with Gasteiger partial charge in [-0.15, -0.1) is 0 Å². The molecule has 0 atom stereocenters. The number of carbonyl (C=O) groups is 1. The Labute approximate surface area is 121 Å². The van der Waals surface area contributed by atoms with E-state index in [1.54, 1.807) is 0 Å². The van der Waals surface area contributed by atoms with E-state index in [9.17, 15) is 4.79 Å². The number of para-hydroxylation sites is 1. The largest absolute Gasteiger partial charge is 0.486 e. The van der Waals surface area contributed by atoms with E-state index < -0.39 is 0 Å². The lowest BCUT2D eigenvalue weighted by Crippen LogP contribution is -2.43. The van der Waals surface area contributed by atoms with Crippen molar-refractivity contribution in [1.82, 2.24) is 10.2 Å². The van der Waals surface area contributed by atoms with E-state index in [0.29, 0.717) is 6.42 Å². The van der Waals surface area contributed by atoms with Gasteiger partial charge in [-0.1, -0.05) is 18.2 Å². The molecule has 0 radical (unpaired) electrons. The Morgan fingerprint density at radius 1 is 1.15 bits per heavy atom. The Morgan fingerprint density at radius 3 is 2.65 bits per heavy atom. The van der Waals surface area contributed by atoms with Crippen LogP contribution in [0.2, 0.25) is 0 Å². The topological polar surface area (TPSA) is 41.6 Å². The molecule has 0 unspecified atom stereocenters. The minimum absolute atomic E-state index is 0.189. The molecule has 0 amide bonds. The zero-order chi connectivity index (χ0) is 14.0. The van der Waals surface area contributed by atoms with Crippen LogP contribution in [0, 0.1) is 0 Å². The molecule has 1 aliphatic rings. The van der Waals surface area contributed by atoms with Crippen molar-refractivity contribution in [3.8, 4) is 5.75 Å². The lowest BCUT2D eigenvalue weighted by atomic mass is 10.1. The van der Waals surface area contributed by atoms with Crippen LogP contribution in [-0.2, 0) is 4.79 Å². The van der Waals surface area contributed by atoms with E-state index in [-0.39, 0.29) is 12.4 Å². The minimum atomic E-state index is 0.189. The predicted molar refractivity (Wildman–Crippen MR) is 80.1 cm³/mol. The van der Waals surface area contributed by atoms with Gasteiger partial charge < -0.3 is 15.0 Å². The van der Waals surface area contributed by atoms with Gasteiger partial charge in [0, 0.05) is 32.6 Å².